The Labute approximate surface area is 170 Å². The molecule has 0 aliphatic heterocycles. The van der Waals surface area contributed by atoms with Gasteiger partial charge >= 0.3 is 0 Å². The highest BCUT2D eigenvalue weighted by Gasteiger charge is 2.17. The molecule has 0 bridgehead atoms. The van der Waals surface area contributed by atoms with Gasteiger partial charge in [0.05, 0.1) is 18.0 Å². The topological polar surface area (TPSA) is 23.5 Å². The van der Waals surface area contributed by atoms with Crippen LogP contribution in [0.5, 0.6) is 0 Å². The average molecular weight is 375 g/mol. The highest BCUT2D eigenvalue weighted by atomic mass is 16.3. The summed E-state index contributed by atoms with van der Waals surface area (Å²) in [7, 11) is 0. The molecule has 0 saturated carbocycles. The van der Waals surface area contributed by atoms with Crippen LogP contribution < -0.4 is 4.90 Å². The van der Waals surface area contributed by atoms with Crippen LogP contribution >= 0.6 is 0 Å². The maximum atomic E-state index is 9.71. The Morgan fingerprint density at radius 2 is 1.07 bits per heavy atom. The lowest BCUT2D eigenvalue weighted by Gasteiger charge is -2.28. The minimum absolute atomic E-state index is 0.0206. The fourth-order valence-electron chi connectivity index (χ4n) is 4.01. The van der Waals surface area contributed by atoms with Crippen molar-refractivity contribution in [2.45, 2.75) is 6.61 Å². The van der Waals surface area contributed by atoms with E-state index in [0.29, 0.717) is 0 Å². The van der Waals surface area contributed by atoms with Crippen LogP contribution in [0.25, 0.3) is 21.5 Å². The molecule has 0 aliphatic rings. The number of anilines is 3. The Morgan fingerprint density at radius 1 is 0.552 bits per heavy atom. The summed E-state index contributed by atoms with van der Waals surface area (Å²) in [5.41, 5.74) is 4.17. The van der Waals surface area contributed by atoms with Crippen molar-refractivity contribution in [3.63, 3.8) is 0 Å². The normalized spacial score (nSPS) is 11.1. The Balaban J connectivity index is 1.84. The Hall–Kier alpha value is -3.62. The Morgan fingerprint density at radius 3 is 1.66 bits per heavy atom. The lowest BCUT2D eigenvalue weighted by molar-refractivity contribution is 0.282. The van der Waals surface area contributed by atoms with E-state index in [4.69, 9.17) is 0 Å². The zero-order valence-electron chi connectivity index (χ0n) is 16.0. The lowest BCUT2D eigenvalue weighted by atomic mass is 10.0. The summed E-state index contributed by atoms with van der Waals surface area (Å²) >= 11 is 0. The number of benzene rings is 5. The van der Waals surface area contributed by atoms with E-state index in [1.807, 2.05) is 12.1 Å². The third-order valence-corrected chi connectivity index (χ3v) is 5.37. The molecule has 2 nitrogen and oxygen atoms in total. The molecule has 0 aliphatic carbocycles. The van der Waals surface area contributed by atoms with Gasteiger partial charge in [-0.25, -0.2) is 0 Å². The van der Waals surface area contributed by atoms with Gasteiger partial charge < -0.3 is 10.0 Å². The molecule has 5 aromatic carbocycles. The van der Waals surface area contributed by atoms with Crippen LogP contribution in [-0.2, 0) is 6.61 Å². The summed E-state index contributed by atoms with van der Waals surface area (Å²) in [6.07, 6.45) is 0. The Bertz CT molecular complexity index is 1220. The molecule has 5 aromatic rings. The summed E-state index contributed by atoms with van der Waals surface area (Å²) in [5, 5.41) is 14.5. The molecular formula is C27H21NO. The van der Waals surface area contributed by atoms with Crippen LogP contribution in [-0.4, -0.2) is 5.11 Å². The van der Waals surface area contributed by atoms with Crippen molar-refractivity contribution in [1.82, 2.24) is 0 Å². The summed E-state index contributed by atoms with van der Waals surface area (Å²) < 4.78 is 0. The van der Waals surface area contributed by atoms with Crippen molar-refractivity contribution in [2.75, 3.05) is 4.90 Å². The van der Waals surface area contributed by atoms with Gasteiger partial charge in [-0.05, 0) is 40.6 Å². The van der Waals surface area contributed by atoms with Crippen LogP contribution in [0.2, 0.25) is 0 Å². The van der Waals surface area contributed by atoms with Gasteiger partial charge in [0.1, 0.15) is 0 Å². The summed E-state index contributed by atoms with van der Waals surface area (Å²) in [6, 6.07) is 37.9. The minimum atomic E-state index is 0.0206. The van der Waals surface area contributed by atoms with Crippen molar-refractivity contribution in [3.05, 3.63) is 115 Å². The molecule has 140 valence electrons. The number of nitrogens with zero attached hydrogens (tertiary/aromatic N) is 1. The third kappa shape index (κ3) is 3.14. The summed E-state index contributed by atoms with van der Waals surface area (Å²) in [4.78, 5) is 2.30. The maximum absolute atomic E-state index is 9.71. The van der Waals surface area contributed by atoms with E-state index in [-0.39, 0.29) is 6.61 Å². The molecular weight excluding hydrogens is 354 g/mol. The molecule has 1 N–H and O–H groups in total. The quantitative estimate of drug-likeness (QED) is 0.367. The lowest BCUT2D eigenvalue weighted by Crippen LogP contribution is -2.11. The predicted molar refractivity (Wildman–Crippen MR) is 122 cm³/mol. The second-order valence-electron chi connectivity index (χ2n) is 7.16. The second-order valence-corrected chi connectivity index (χ2v) is 7.16. The van der Waals surface area contributed by atoms with Gasteiger partial charge in [0.2, 0.25) is 0 Å². The first-order valence-corrected chi connectivity index (χ1v) is 9.80. The van der Waals surface area contributed by atoms with Crippen LogP contribution in [0.15, 0.2) is 109 Å². The zero-order valence-corrected chi connectivity index (χ0v) is 16.0. The molecule has 5 rings (SSSR count). The molecule has 0 fully saturated rings. The number of aliphatic hydroxyl groups excluding tert-OH is 1. The van der Waals surface area contributed by atoms with Crippen LogP contribution in [0.4, 0.5) is 17.1 Å². The van der Waals surface area contributed by atoms with Crippen LogP contribution in [0.3, 0.4) is 0 Å². The van der Waals surface area contributed by atoms with Crippen molar-refractivity contribution in [1.29, 1.82) is 0 Å². The first kappa shape index (κ1) is 17.5. The molecule has 0 saturated heterocycles. The van der Waals surface area contributed by atoms with Gasteiger partial charge in [-0.3, -0.25) is 0 Å². The van der Waals surface area contributed by atoms with E-state index < -0.39 is 0 Å². The van der Waals surface area contributed by atoms with Gasteiger partial charge in [0, 0.05) is 16.5 Å². The first-order chi connectivity index (χ1) is 14.3. The smallest absolute Gasteiger partial charge is 0.0682 e. The summed E-state index contributed by atoms with van der Waals surface area (Å²) in [5.74, 6) is 0. The summed E-state index contributed by atoms with van der Waals surface area (Å²) in [6.45, 7) is 0.0206. The van der Waals surface area contributed by atoms with Crippen molar-refractivity contribution in [2.24, 2.45) is 0 Å². The number of hydrogen-bond donors (Lipinski definition) is 1. The van der Waals surface area contributed by atoms with Crippen LogP contribution in [0.1, 0.15) is 5.56 Å². The van der Waals surface area contributed by atoms with E-state index in [2.05, 4.69) is 102 Å². The molecule has 0 spiro atoms. The standard InChI is InChI=1S/C27H21NO/c29-19-20-8-5-13-23(18-20)28(26-16-6-11-21-9-1-3-14-24(21)26)27-17-7-12-22-10-2-4-15-25(22)27/h1-18,29H,19H2. The van der Waals surface area contributed by atoms with Gasteiger partial charge in [0.15, 0.2) is 0 Å². The highest BCUT2D eigenvalue weighted by Crippen LogP contribution is 2.41. The molecule has 0 aromatic heterocycles. The van der Waals surface area contributed by atoms with Gasteiger partial charge in [-0.15, -0.1) is 0 Å². The molecule has 0 radical (unpaired) electrons. The van der Waals surface area contributed by atoms with Crippen LogP contribution in [0, 0.1) is 0 Å². The van der Waals surface area contributed by atoms with E-state index in [9.17, 15) is 5.11 Å². The predicted octanol–water partition coefficient (Wildman–Crippen LogP) is 6.96. The fourth-order valence-corrected chi connectivity index (χ4v) is 4.01. The molecule has 0 atom stereocenters. The molecule has 0 amide bonds. The number of hydrogen-bond acceptors (Lipinski definition) is 2. The van der Waals surface area contributed by atoms with E-state index in [1.165, 1.54) is 21.5 Å². The SMILES string of the molecule is OCc1cccc(N(c2cccc3ccccc23)c2cccc3ccccc23)c1. The van der Waals surface area contributed by atoms with Gasteiger partial charge in [-0.1, -0.05) is 84.9 Å². The zero-order chi connectivity index (χ0) is 19.6. The number of rotatable bonds is 4. The number of aliphatic hydroxyl groups is 1. The number of fused-ring (bicyclic) bond motifs is 2. The van der Waals surface area contributed by atoms with Crippen molar-refractivity contribution >= 4 is 38.6 Å². The fraction of sp³-hybridized carbons (Fsp3) is 0.0370. The minimum Gasteiger partial charge on any atom is -0.392 e. The van der Waals surface area contributed by atoms with Crippen molar-refractivity contribution in [3.8, 4) is 0 Å². The highest BCUT2D eigenvalue weighted by molar-refractivity contribution is 6.04. The van der Waals surface area contributed by atoms with Gasteiger partial charge in [-0.2, -0.15) is 0 Å². The first-order valence-electron chi connectivity index (χ1n) is 9.80. The van der Waals surface area contributed by atoms with E-state index >= 15 is 0 Å². The van der Waals surface area contributed by atoms with Crippen molar-refractivity contribution < 1.29 is 5.11 Å². The Kier molecular flexibility index (Phi) is 4.47. The second kappa shape index (κ2) is 7.42. The largest absolute Gasteiger partial charge is 0.392 e. The molecule has 0 unspecified atom stereocenters. The maximum Gasteiger partial charge on any atom is 0.0682 e. The third-order valence-electron chi connectivity index (χ3n) is 5.37. The monoisotopic (exact) mass is 375 g/mol. The van der Waals surface area contributed by atoms with E-state index in [0.717, 1.165) is 22.6 Å². The average Bonchev–Trinajstić information content (AvgIpc) is 2.80. The molecule has 29 heavy (non-hydrogen) atoms. The van der Waals surface area contributed by atoms with E-state index in [1.54, 1.807) is 0 Å². The van der Waals surface area contributed by atoms with Gasteiger partial charge in [0.25, 0.3) is 0 Å². The molecule has 2 heteroatoms. The molecule has 0 heterocycles.